The Morgan fingerprint density at radius 3 is 2.95 bits per heavy atom. The predicted octanol–water partition coefficient (Wildman–Crippen LogP) is 2.41. The molecule has 0 saturated carbocycles. The third-order valence-electron chi connectivity index (χ3n) is 3.09. The molecule has 0 saturated heterocycles. The van der Waals surface area contributed by atoms with Crippen LogP contribution in [0.2, 0.25) is 0 Å². The molecule has 7 heteroatoms. The van der Waals surface area contributed by atoms with Crippen LogP contribution in [0, 0.1) is 0 Å². The number of nitrogen functional groups attached to an aromatic ring is 1. The summed E-state index contributed by atoms with van der Waals surface area (Å²) in [6.07, 6.45) is 3.46. The number of hydrogen-bond acceptors (Lipinski definition) is 6. The third kappa shape index (κ3) is 2.07. The van der Waals surface area contributed by atoms with Crippen molar-refractivity contribution in [2.75, 3.05) is 5.73 Å². The molecular formula is C14H10N6S. The van der Waals surface area contributed by atoms with Gasteiger partial charge in [-0.3, -0.25) is 4.40 Å². The van der Waals surface area contributed by atoms with E-state index in [1.165, 1.54) is 18.1 Å². The van der Waals surface area contributed by atoms with E-state index in [9.17, 15) is 0 Å². The summed E-state index contributed by atoms with van der Waals surface area (Å²) in [6.45, 7) is 0. The summed E-state index contributed by atoms with van der Waals surface area (Å²) < 4.78 is 1.93. The van der Waals surface area contributed by atoms with Crippen LogP contribution in [0.1, 0.15) is 0 Å². The number of pyridine rings is 1. The highest BCUT2D eigenvalue weighted by Crippen LogP contribution is 2.30. The van der Waals surface area contributed by atoms with Gasteiger partial charge in [0.25, 0.3) is 0 Å². The molecule has 0 radical (unpaired) electrons. The zero-order valence-electron chi connectivity index (χ0n) is 10.8. The average Bonchev–Trinajstić information content (AvgIpc) is 2.91. The molecule has 0 aliphatic carbocycles. The first-order valence-corrected chi connectivity index (χ1v) is 7.11. The van der Waals surface area contributed by atoms with Gasteiger partial charge in [0.2, 0.25) is 5.16 Å². The molecule has 0 atom stereocenters. The van der Waals surface area contributed by atoms with Crippen LogP contribution in [0.5, 0.6) is 0 Å². The molecule has 4 aromatic rings. The van der Waals surface area contributed by atoms with Gasteiger partial charge in [-0.2, -0.15) is 0 Å². The molecule has 4 rings (SSSR count). The van der Waals surface area contributed by atoms with E-state index in [-0.39, 0.29) is 0 Å². The molecule has 0 amide bonds. The van der Waals surface area contributed by atoms with E-state index in [4.69, 9.17) is 5.73 Å². The average molecular weight is 294 g/mol. The maximum Gasteiger partial charge on any atom is 0.201 e. The summed E-state index contributed by atoms with van der Waals surface area (Å²) in [5.41, 5.74) is 8.10. The number of hydrogen-bond donors (Lipinski definition) is 1. The number of rotatable bonds is 2. The summed E-state index contributed by atoms with van der Waals surface area (Å²) in [5.74, 6) is 0. The smallest absolute Gasteiger partial charge is 0.201 e. The molecule has 21 heavy (non-hydrogen) atoms. The van der Waals surface area contributed by atoms with Crippen molar-refractivity contribution in [3.05, 3.63) is 48.9 Å². The highest BCUT2D eigenvalue weighted by atomic mass is 32.2. The minimum Gasteiger partial charge on any atom is -0.399 e. The van der Waals surface area contributed by atoms with Gasteiger partial charge in [-0.1, -0.05) is 6.07 Å². The number of benzene rings is 1. The zero-order chi connectivity index (χ0) is 14.2. The first-order chi connectivity index (χ1) is 10.3. The second kappa shape index (κ2) is 4.71. The number of fused-ring (bicyclic) bond motifs is 2. The molecule has 2 N–H and O–H groups in total. The van der Waals surface area contributed by atoms with Crippen molar-refractivity contribution in [2.45, 2.75) is 10.2 Å². The third-order valence-corrected chi connectivity index (χ3v) is 4.07. The fourth-order valence-electron chi connectivity index (χ4n) is 2.11. The Morgan fingerprint density at radius 1 is 1.05 bits per heavy atom. The topological polar surface area (TPSA) is 82.0 Å². The lowest BCUT2D eigenvalue weighted by molar-refractivity contribution is 0.917. The van der Waals surface area contributed by atoms with Gasteiger partial charge in [0.1, 0.15) is 11.4 Å². The first-order valence-electron chi connectivity index (χ1n) is 6.29. The molecule has 0 spiro atoms. The van der Waals surface area contributed by atoms with Crippen LogP contribution in [0.15, 0.2) is 59.1 Å². The predicted molar refractivity (Wildman–Crippen MR) is 81.1 cm³/mol. The summed E-state index contributed by atoms with van der Waals surface area (Å²) in [4.78, 5) is 8.60. The first kappa shape index (κ1) is 12.1. The van der Waals surface area contributed by atoms with Crippen molar-refractivity contribution in [3.8, 4) is 0 Å². The summed E-state index contributed by atoms with van der Waals surface area (Å²) in [5, 5.41) is 10.9. The minimum absolute atomic E-state index is 0.685. The quantitative estimate of drug-likeness (QED) is 0.451. The van der Waals surface area contributed by atoms with Gasteiger partial charge in [0.05, 0.1) is 5.52 Å². The van der Waals surface area contributed by atoms with Gasteiger partial charge in [0, 0.05) is 17.3 Å². The molecule has 6 nitrogen and oxygen atoms in total. The van der Waals surface area contributed by atoms with Gasteiger partial charge in [0.15, 0.2) is 5.65 Å². The fraction of sp³-hybridized carbons (Fsp3) is 0. The molecule has 1 aromatic carbocycles. The van der Waals surface area contributed by atoms with E-state index < -0.39 is 0 Å². The number of anilines is 1. The van der Waals surface area contributed by atoms with E-state index in [1.54, 1.807) is 0 Å². The Bertz CT molecular complexity index is 948. The lowest BCUT2D eigenvalue weighted by atomic mass is 10.2. The van der Waals surface area contributed by atoms with Crippen LogP contribution in [-0.4, -0.2) is 24.6 Å². The van der Waals surface area contributed by atoms with Crippen LogP contribution in [0.25, 0.3) is 16.6 Å². The van der Waals surface area contributed by atoms with Crippen molar-refractivity contribution in [1.29, 1.82) is 0 Å². The molecule has 0 fully saturated rings. The Kier molecular flexibility index (Phi) is 2.71. The largest absolute Gasteiger partial charge is 0.399 e. The van der Waals surface area contributed by atoms with Crippen molar-refractivity contribution in [2.24, 2.45) is 0 Å². The molecule has 3 aromatic heterocycles. The molecule has 3 heterocycles. The highest BCUT2D eigenvalue weighted by Gasteiger charge is 2.11. The Morgan fingerprint density at radius 2 is 2.00 bits per heavy atom. The maximum atomic E-state index is 5.79. The monoisotopic (exact) mass is 294 g/mol. The van der Waals surface area contributed by atoms with Crippen molar-refractivity contribution in [1.82, 2.24) is 24.6 Å². The second-order valence-electron chi connectivity index (χ2n) is 4.47. The maximum absolute atomic E-state index is 5.79. The minimum atomic E-state index is 0.685. The Hall–Kier alpha value is -2.67. The molecule has 0 aliphatic heterocycles. The number of aromatic nitrogens is 5. The van der Waals surface area contributed by atoms with E-state index in [0.717, 1.165) is 26.7 Å². The van der Waals surface area contributed by atoms with Gasteiger partial charge in [-0.05, 0) is 42.1 Å². The summed E-state index contributed by atoms with van der Waals surface area (Å²) >= 11 is 1.46. The SMILES string of the molecule is Nc1ccc2c(Sc3nnc4ccccn34)ncnc2c1. The number of nitrogens with zero attached hydrogens (tertiary/aromatic N) is 5. The van der Waals surface area contributed by atoms with Crippen LogP contribution in [0.3, 0.4) is 0 Å². The van der Waals surface area contributed by atoms with Crippen molar-refractivity contribution < 1.29 is 0 Å². The molecule has 0 aliphatic rings. The zero-order valence-corrected chi connectivity index (χ0v) is 11.7. The van der Waals surface area contributed by atoms with E-state index in [1.807, 2.05) is 47.0 Å². The summed E-state index contributed by atoms with van der Waals surface area (Å²) in [6, 6.07) is 11.4. The normalized spacial score (nSPS) is 11.2. The van der Waals surface area contributed by atoms with Crippen molar-refractivity contribution in [3.63, 3.8) is 0 Å². The molecule has 0 bridgehead atoms. The van der Waals surface area contributed by atoms with Crippen LogP contribution < -0.4 is 5.73 Å². The Labute approximate surface area is 124 Å². The van der Waals surface area contributed by atoms with Crippen LogP contribution in [0.4, 0.5) is 5.69 Å². The van der Waals surface area contributed by atoms with Gasteiger partial charge < -0.3 is 5.73 Å². The lowest BCUT2D eigenvalue weighted by Crippen LogP contribution is -1.91. The van der Waals surface area contributed by atoms with E-state index in [0.29, 0.717) is 5.69 Å². The van der Waals surface area contributed by atoms with Crippen molar-refractivity contribution >= 4 is 34.0 Å². The van der Waals surface area contributed by atoms with Crippen LogP contribution >= 0.6 is 11.8 Å². The highest BCUT2D eigenvalue weighted by molar-refractivity contribution is 7.99. The van der Waals surface area contributed by atoms with Crippen LogP contribution in [-0.2, 0) is 0 Å². The molecular weight excluding hydrogens is 284 g/mol. The van der Waals surface area contributed by atoms with Gasteiger partial charge >= 0.3 is 0 Å². The van der Waals surface area contributed by atoms with E-state index >= 15 is 0 Å². The standard InChI is InChI=1S/C14H10N6S/c15-9-4-5-10-11(7-9)16-8-17-13(10)21-14-19-18-12-3-1-2-6-20(12)14/h1-8H,15H2. The molecule has 0 unspecified atom stereocenters. The lowest BCUT2D eigenvalue weighted by Gasteiger charge is -2.04. The second-order valence-corrected chi connectivity index (χ2v) is 5.42. The van der Waals surface area contributed by atoms with Gasteiger partial charge in [-0.15, -0.1) is 10.2 Å². The summed E-state index contributed by atoms with van der Waals surface area (Å²) in [7, 11) is 0. The van der Waals surface area contributed by atoms with E-state index in [2.05, 4.69) is 20.2 Å². The fourth-order valence-corrected chi connectivity index (χ4v) is 3.00. The Balaban J connectivity index is 1.84. The number of nitrogens with two attached hydrogens (primary N) is 1. The van der Waals surface area contributed by atoms with Gasteiger partial charge in [-0.25, -0.2) is 9.97 Å². The molecule has 102 valence electrons.